The molecule has 24 heavy (non-hydrogen) atoms. The third-order valence-corrected chi connectivity index (χ3v) is 5.99. The van der Waals surface area contributed by atoms with Crippen molar-refractivity contribution in [2.24, 2.45) is 0 Å². The van der Waals surface area contributed by atoms with Crippen molar-refractivity contribution in [2.75, 3.05) is 32.4 Å². The van der Waals surface area contributed by atoms with Crippen molar-refractivity contribution in [2.45, 2.75) is 18.4 Å². The highest BCUT2D eigenvalue weighted by Gasteiger charge is 2.24. The predicted molar refractivity (Wildman–Crippen MR) is 101 cm³/mol. The van der Waals surface area contributed by atoms with Gasteiger partial charge < -0.3 is 4.90 Å². The van der Waals surface area contributed by atoms with Crippen molar-refractivity contribution < 1.29 is 4.79 Å². The largest absolute Gasteiger partial charge is 0.336 e. The van der Waals surface area contributed by atoms with Crippen molar-refractivity contribution in [1.82, 2.24) is 14.8 Å². The number of thioether (sulfide) groups is 1. The summed E-state index contributed by atoms with van der Waals surface area (Å²) in [6.45, 7) is 6.06. The quantitative estimate of drug-likeness (QED) is 0.755. The van der Waals surface area contributed by atoms with Gasteiger partial charge in [0, 0.05) is 43.0 Å². The summed E-state index contributed by atoms with van der Waals surface area (Å²) >= 11 is 9.53. The standard InChI is InChI=1S/C17H20ClN3OS2/c1-12-19-13(11-24-12)10-20-5-7-21(8-6-20)17(22)15-9-14(23-2)3-4-16(15)18/h3-4,9,11H,5-8,10H2,1-2H3. The van der Waals surface area contributed by atoms with Gasteiger partial charge in [-0.05, 0) is 31.4 Å². The lowest BCUT2D eigenvalue weighted by atomic mass is 10.1. The number of thiazole rings is 1. The molecule has 0 bridgehead atoms. The zero-order valence-electron chi connectivity index (χ0n) is 13.8. The molecule has 0 aliphatic carbocycles. The Morgan fingerprint density at radius 2 is 2.08 bits per heavy atom. The van der Waals surface area contributed by atoms with Crippen molar-refractivity contribution in [1.29, 1.82) is 0 Å². The van der Waals surface area contributed by atoms with Gasteiger partial charge in [-0.2, -0.15) is 0 Å². The number of rotatable bonds is 4. The zero-order chi connectivity index (χ0) is 17.1. The molecule has 2 heterocycles. The van der Waals surface area contributed by atoms with E-state index in [2.05, 4.69) is 15.3 Å². The molecule has 1 aromatic heterocycles. The van der Waals surface area contributed by atoms with Gasteiger partial charge in [-0.15, -0.1) is 23.1 Å². The number of aromatic nitrogens is 1. The van der Waals surface area contributed by atoms with E-state index >= 15 is 0 Å². The molecule has 7 heteroatoms. The Morgan fingerprint density at radius 1 is 1.33 bits per heavy atom. The second-order valence-electron chi connectivity index (χ2n) is 5.77. The normalized spacial score (nSPS) is 15.7. The summed E-state index contributed by atoms with van der Waals surface area (Å²) in [5, 5.41) is 3.74. The third kappa shape index (κ3) is 4.11. The fraction of sp³-hybridized carbons (Fsp3) is 0.412. The van der Waals surface area contributed by atoms with Crippen LogP contribution in [0.15, 0.2) is 28.5 Å². The van der Waals surface area contributed by atoms with Gasteiger partial charge in [-0.3, -0.25) is 9.69 Å². The average Bonchev–Trinajstić information content (AvgIpc) is 3.00. The molecule has 1 amide bonds. The van der Waals surface area contributed by atoms with E-state index in [1.807, 2.05) is 30.2 Å². The first kappa shape index (κ1) is 17.7. The summed E-state index contributed by atoms with van der Waals surface area (Å²) in [6, 6.07) is 5.64. The number of halogens is 1. The van der Waals surface area contributed by atoms with Gasteiger partial charge >= 0.3 is 0 Å². The van der Waals surface area contributed by atoms with Crippen molar-refractivity contribution in [3.63, 3.8) is 0 Å². The molecular weight excluding hydrogens is 362 g/mol. The van der Waals surface area contributed by atoms with E-state index < -0.39 is 0 Å². The van der Waals surface area contributed by atoms with Crippen LogP contribution in [0.1, 0.15) is 21.1 Å². The molecule has 0 spiro atoms. The summed E-state index contributed by atoms with van der Waals surface area (Å²) in [5.74, 6) is 0.0278. The van der Waals surface area contributed by atoms with Crippen LogP contribution in [0.25, 0.3) is 0 Å². The first-order chi connectivity index (χ1) is 11.6. The maximum atomic E-state index is 12.8. The first-order valence-corrected chi connectivity index (χ1v) is 10.3. The fourth-order valence-electron chi connectivity index (χ4n) is 2.78. The van der Waals surface area contributed by atoms with Gasteiger partial charge in [-0.1, -0.05) is 11.6 Å². The molecule has 0 N–H and O–H groups in total. The molecule has 0 unspecified atom stereocenters. The summed E-state index contributed by atoms with van der Waals surface area (Å²) in [4.78, 5) is 22.6. The van der Waals surface area contributed by atoms with Crippen LogP contribution in [0.2, 0.25) is 5.02 Å². The zero-order valence-corrected chi connectivity index (χ0v) is 16.2. The topological polar surface area (TPSA) is 36.4 Å². The molecule has 4 nitrogen and oxygen atoms in total. The SMILES string of the molecule is CSc1ccc(Cl)c(C(=O)N2CCN(Cc3csc(C)n3)CC2)c1. The van der Waals surface area contributed by atoms with Gasteiger partial charge in [0.05, 0.1) is 21.3 Å². The lowest BCUT2D eigenvalue weighted by Crippen LogP contribution is -2.48. The van der Waals surface area contributed by atoms with Crippen molar-refractivity contribution in [3.05, 3.63) is 44.9 Å². The number of carbonyl (C=O) groups is 1. The molecule has 1 aliphatic rings. The summed E-state index contributed by atoms with van der Waals surface area (Å²) in [6.07, 6.45) is 2.00. The third-order valence-electron chi connectivity index (χ3n) is 4.12. The first-order valence-electron chi connectivity index (χ1n) is 7.83. The van der Waals surface area contributed by atoms with E-state index in [0.717, 1.165) is 48.3 Å². The van der Waals surface area contributed by atoms with Crippen LogP contribution < -0.4 is 0 Å². The van der Waals surface area contributed by atoms with E-state index in [-0.39, 0.29) is 5.91 Å². The Labute approximate surface area is 155 Å². The van der Waals surface area contributed by atoms with Crippen LogP contribution >= 0.6 is 34.7 Å². The van der Waals surface area contributed by atoms with Crippen molar-refractivity contribution in [3.8, 4) is 0 Å². The van der Waals surface area contributed by atoms with E-state index in [0.29, 0.717) is 10.6 Å². The lowest BCUT2D eigenvalue weighted by molar-refractivity contribution is 0.0627. The maximum absolute atomic E-state index is 12.8. The van der Waals surface area contributed by atoms with E-state index in [1.165, 1.54) is 0 Å². The number of nitrogens with zero attached hydrogens (tertiary/aromatic N) is 3. The molecule has 3 rings (SSSR count). The monoisotopic (exact) mass is 381 g/mol. The number of amides is 1. The summed E-state index contributed by atoms with van der Waals surface area (Å²) in [5.41, 5.74) is 1.72. The summed E-state index contributed by atoms with van der Waals surface area (Å²) in [7, 11) is 0. The second-order valence-corrected chi connectivity index (χ2v) is 8.12. The second kappa shape index (κ2) is 7.87. The van der Waals surface area contributed by atoms with Crippen LogP contribution in [0, 0.1) is 6.92 Å². The van der Waals surface area contributed by atoms with E-state index in [9.17, 15) is 4.79 Å². The molecule has 1 fully saturated rings. The van der Waals surface area contributed by atoms with Crippen LogP contribution in [0.3, 0.4) is 0 Å². The Morgan fingerprint density at radius 3 is 2.71 bits per heavy atom. The molecule has 0 saturated carbocycles. The lowest BCUT2D eigenvalue weighted by Gasteiger charge is -2.34. The van der Waals surface area contributed by atoms with Crippen LogP contribution in [0.4, 0.5) is 0 Å². The minimum Gasteiger partial charge on any atom is -0.336 e. The minimum atomic E-state index is 0.0278. The number of hydrogen-bond donors (Lipinski definition) is 0. The number of hydrogen-bond acceptors (Lipinski definition) is 5. The van der Waals surface area contributed by atoms with Gasteiger partial charge in [0.1, 0.15) is 0 Å². The molecule has 1 aromatic carbocycles. The molecular formula is C17H20ClN3OS2. The van der Waals surface area contributed by atoms with E-state index in [1.54, 1.807) is 29.2 Å². The summed E-state index contributed by atoms with van der Waals surface area (Å²) < 4.78 is 0. The molecule has 1 saturated heterocycles. The molecule has 1 aliphatic heterocycles. The molecule has 2 aromatic rings. The van der Waals surface area contributed by atoms with Crippen LogP contribution in [0.5, 0.6) is 0 Å². The average molecular weight is 382 g/mol. The Balaban J connectivity index is 1.61. The highest BCUT2D eigenvalue weighted by molar-refractivity contribution is 7.98. The van der Waals surface area contributed by atoms with E-state index in [4.69, 9.17) is 11.6 Å². The number of carbonyl (C=O) groups excluding carboxylic acids is 1. The van der Waals surface area contributed by atoms with Gasteiger partial charge in [0.25, 0.3) is 5.91 Å². The van der Waals surface area contributed by atoms with Crippen molar-refractivity contribution >= 4 is 40.6 Å². The molecule has 0 atom stereocenters. The molecule has 0 radical (unpaired) electrons. The Bertz CT molecular complexity index is 726. The number of piperazine rings is 1. The smallest absolute Gasteiger partial charge is 0.255 e. The van der Waals surface area contributed by atoms with Crippen LogP contribution in [-0.4, -0.2) is 53.1 Å². The van der Waals surface area contributed by atoms with Gasteiger partial charge in [0.2, 0.25) is 0 Å². The highest BCUT2D eigenvalue weighted by Crippen LogP contribution is 2.24. The Kier molecular flexibility index (Phi) is 5.81. The fourth-order valence-corrected chi connectivity index (χ4v) is 4.03. The minimum absolute atomic E-state index is 0.0278. The Hall–Kier alpha value is -1.08. The number of benzene rings is 1. The molecule has 128 valence electrons. The van der Waals surface area contributed by atoms with Gasteiger partial charge in [-0.25, -0.2) is 4.98 Å². The van der Waals surface area contributed by atoms with Crippen LogP contribution in [-0.2, 0) is 6.54 Å². The highest BCUT2D eigenvalue weighted by atomic mass is 35.5. The number of aryl methyl sites for hydroxylation is 1. The maximum Gasteiger partial charge on any atom is 0.255 e. The van der Waals surface area contributed by atoms with Gasteiger partial charge in [0.15, 0.2) is 0 Å². The predicted octanol–water partition coefficient (Wildman–Crippen LogP) is 3.78.